The Morgan fingerprint density at radius 3 is 2.67 bits per heavy atom. The molecule has 0 aromatic heterocycles. The van der Waals surface area contributed by atoms with Gasteiger partial charge >= 0.3 is 0 Å². The molecule has 1 saturated heterocycles. The van der Waals surface area contributed by atoms with Crippen LogP contribution in [0.2, 0.25) is 0 Å². The number of benzene rings is 1. The quantitative estimate of drug-likeness (QED) is 0.704. The molecule has 1 heterocycles. The molecule has 1 atom stereocenters. The molecule has 1 aromatic rings. The van der Waals surface area contributed by atoms with Crippen LogP contribution in [0, 0.1) is 5.92 Å². The lowest BCUT2D eigenvalue weighted by atomic mass is 9.97. The second kappa shape index (κ2) is 10.3. The summed E-state index contributed by atoms with van der Waals surface area (Å²) < 4.78 is 32.9. The number of carbonyl (C=O) groups is 1. The van der Waals surface area contributed by atoms with Crippen LogP contribution < -0.4 is 14.8 Å². The lowest BCUT2D eigenvalue weighted by molar-refractivity contribution is 0.0674. The van der Waals surface area contributed by atoms with Gasteiger partial charge in [-0.05, 0) is 64.4 Å². The second-order valence-electron chi connectivity index (χ2n) is 6.96. The van der Waals surface area contributed by atoms with Crippen LogP contribution in [-0.4, -0.2) is 59.1 Å². The van der Waals surface area contributed by atoms with Crippen molar-refractivity contribution in [2.24, 2.45) is 5.92 Å². The first kappa shape index (κ1) is 23.7. The standard InChI is InChI=1S/C18H29N3O4S.ClH/c1-13(2)20-26(23,24)17-10-15(7-8-16(17)25-4)18(22)21-9-5-6-14(12-21)11-19-3;/h7-8,10,13-14,19-20H,5-6,9,11-12H2,1-4H3;1H. The summed E-state index contributed by atoms with van der Waals surface area (Å²) in [5, 5.41) is 3.16. The SMILES string of the molecule is CNCC1CCCN(C(=O)c2ccc(OC)c(S(=O)(=O)NC(C)C)c2)C1.Cl. The Morgan fingerprint density at radius 2 is 2.07 bits per heavy atom. The zero-order valence-electron chi connectivity index (χ0n) is 16.3. The molecule has 154 valence electrons. The van der Waals surface area contributed by atoms with Gasteiger partial charge in [-0.1, -0.05) is 0 Å². The summed E-state index contributed by atoms with van der Waals surface area (Å²) in [7, 11) is -0.443. The maximum Gasteiger partial charge on any atom is 0.253 e. The van der Waals surface area contributed by atoms with E-state index in [0.717, 1.165) is 19.4 Å². The van der Waals surface area contributed by atoms with E-state index in [2.05, 4.69) is 10.0 Å². The Balaban J connectivity index is 0.00000364. The number of nitrogens with zero attached hydrogens (tertiary/aromatic N) is 1. The fourth-order valence-electron chi connectivity index (χ4n) is 3.28. The van der Waals surface area contributed by atoms with E-state index < -0.39 is 10.0 Å². The lowest BCUT2D eigenvalue weighted by Crippen LogP contribution is -2.42. The van der Waals surface area contributed by atoms with E-state index in [1.165, 1.54) is 19.2 Å². The third-order valence-corrected chi connectivity index (χ3v) is 6.07. The molecule has 1 unspecified atom stereocenters. The fraction of sp³-hybridized carbons (Fsp3) is 0.611. The molecule has 1 amide bonds. The summed E-state index contributed by atoms with van der Waals surface area (Å²) in [5.41, 5.74) is 0.361. The van der Waals surface area contributed by atoms with E-state index >= 15 is 0 Å². The Bertz CT molecular complexity index is 738. The predicted octanol–water partition coefficient (Wildman–Crippen LogP) is 1.88. The molecule has 0 spiro atoms. The molecule has 1 aliphatic heterocycles. The summed E-state index contributed by atoms with van der Waals surface area (Å²) in [6.45, 7) is 5.73. The number of likely N-dealkylation sites (tertiary alicyclic amines) is 1. The number of hydrogen-bond acceptors (Lipinski definition) is 5. The highest BCUT2D eigenvalue weighted by molar-refractivity contribution is 7.89. The number of ether oxygens (including phenoxy) is 1. The molecule has 7 nitrogen and oxygen atoms in total. The molecule has 2 rings (SSSR count). The first-order valence-electron chi connectivity index (χ1n) is 8.92. The van der Waals surface area contributed by atoms with Crippen LogP contribution in [0.25, 0.3) is 0 Å². The first-order chi connectivity index (χ1) is 12.3. The van der Waals surface area contributed by atoms with Crippen molar-refractivity contribution < 1.29 is 17.9 Å². The zero-order chi connectivity index (χ0) is 19.3. The van der Waals surface area contributed by atoms with Crippen molar-refractivity contribution in [2.45, 2.75) is 37.6 Å². The van der Waals surface area contributed by atoms with Gasteiger partial charge in [0.1, 0.15) is 10.6 Å². The molecule has 0 radical (unpaired) electrons. The van der Waals surface area contributed by atoms with Gasteiger partial charge in [0.05, 0.1) is 7.11 Å². The second-order valence-corrected chi connectivity index (χ2v) is 8.64. The number of methoxy groups -OCH3 is 1. The van der Waals surface area contributed by atoms with Crippen molar-refractivity contribution in [1.29, 1.82) is 0 Å². The van der Waals surface area contributed by atoms with Gasteiger partial charge in [-0.15, -0.1) is 12.4 Å². The molecule has 27 heavy (non-hydrogen) atoms. The lowest BCUT2D eigenvalue weighted by Gasteiger charge is -2.33. The van der Waals surface area contributed by atoms with Gasteiger partial charge in [-0.3, -0.25) is 4.79 Å². The highest BCUT2D eigenvalue weighted by Gasteiger charge is 2.27. The van der Waals surface area contributed by atoms with Crippen molar-refractivity contribution >= 4 is 28.3 Å². The molecule has 9 heteroatoms. The summed E-state index contributed by atoms with van der Waals surface area (Å²) in [6, 6.07) is 4.32. The van der Waals surface area contributed by atoms with Gasteiger partial charge < -0.3 is 15.0 Å². The number of rotatable bonds is 7. The summed E-state index contributed by atoms with van der Waals surface area (Å²) in [5.74, 6) is 0.498. The van der Waals surface area contributed by atoms with Gasteiger partial charge in [-0.2, -0.15) is 0 Å². The van der Waals surface area contributed by atoms with E-state index in [9.17, 15) is 13.2 Å². The van der Waals surface area contributed by atoms with E-state index in [1.54, 1.807) is 24.8 Å². The molecule has 1 aromatic carbocycles. The third kappa shape index (κ3) is 6.07. The average Bonchev–Trinajstić information content (AvgIpc) is 2.60. The van der Waals surface area contributed by atoms with E-state index in [1.807, 2.05) is 7.05 Å². The Morgan fingerprint density at radius 1 is 1.37 bits per heavy atom. The maximum atomic E-state index is 12.9. The van der Waals surface area contributed by atoms with Crippen molar-refractivity contribution in [3.05, 3.63) is 23.8 Å². The van der Waals surface area contributed by atoms with Gasteiger partial charge in [0.2, 0.25) is 10.0 Å². The van der Waals surface area contributed by atoms with Crippen LogP contribution in [0.15, 0.2) is 23.1 Å². The maximum absolute atomic E-state index is 12.9. The van der Waals surface area contributed by atoms with Crippen molar-refractivity contribution in [3.8, 4) is 5.75 Å². The Hall–Kier alpha value is -1.35. The Kier molecular flexibility index (Phi) is 9.01. The van der Waals surface area contributed by atoms with Gasteiger partial charge in [0, 0.05) is 24.7 Å². The first-order valence-corrected chi connectivity index (χ1v) is 10.4. The average molecular weight is 420 g/mol. The van der Waals surface area contributed by atoms with Gasteiger partial charge in [-0.25, -0.2) is 13.1 Å². The van der Waals surface area contributed by atoms with E-state index in [-0.39, 0.29) is 35.0 Å². The monoisotopic (exact) mass is 419 g/mol. The zero-order valence-corrected chi connectivity index (χ0v) is 18.0. The number of carbonyl (C=O) groups excluding carboxylic acids is 1. The fourth-order valence-corrected chi connectivity index (χ4v) is 4.73. The molecule has 0 bridgehead atoms. The van der Waals surface area contributed by atoms with Crippen molar-refractivity contribution in [3.63, 3.8) is 0 Å². The number of sulfonamides is 1. The number of amides is 1. The summed E-state index contributed by atoms with van der Waals surface area (Å²) in [6.07, 6.45) is 2.04. The minimum atomic E-state index is -3.76. The topological polar surface area (TPSA) is 87.7 Å². The van der Waals surface area contributed by atoms with Crippen LogP contribution in [-0.2, 0) is 10.0 Å². The van der Waals surface area contributed by atoms with E-state index in [0.29, 0.717) is 24.6 Å². The summed E-state index contributed by atoms with van der Waals surface area (Å²) >= 11 is 0. The third-order valence-electron chi connectivity index (χ3n) is 4.39. The minimum Gasteiger partial charge on any atom is -0.495 e. The van der Waals surface area contributed by atoms with Crippen molar-refractivity contribution in [1.82, 2.24) is 14.9 Å². The normalized spacial score (nSPS) is 17.5. The largest absolute Gasteiger partial charge is 0.495 e. The van der Waals surface area contributed by atoms with Crippen LogP contribution in [0.5, 0.6) is 5.75 Å². The molecule has 1 aliphatic rings. The smallest absolute Gasteiger partial charge is 0.253 e. The highest BCUT2D eigenvalue weighted by atomic mass is 35.5. The molecule has 0 saturated carbocycles. The molecule has 1 fully saturated rings. The molecular formula is C18H30ClN3O4S. The summed E-state index contributed by atoms with van der Waals surface area (Å²) in [4.78, 5) is 14.7. The minimum absolute atomic E-state index is 0. The Labute approximate surface area is 168 Å². The van der Waals surface area contributed by atoms with E-state index in [4.69, 9.17) is 4.74 Å². The number of hydrogen-bond donors (Lipinski definition) is 2. The molecule has 2 N–H and O–H groups in total. The van der Waals surface area contributed by atoms with Gasteiger partial charge in [0.25, 0.3) is 5.91 Å². The van der Waals surface area contributed by atoms with Crippen molar-refractivity contribution in [2.75, 3.05) is 33.8 Å². The van der Waals surface area contributed by atoms with Gasteiger partial charge in [0.15, 0.2) is 0 Å². The van der Waals surface area contributed by atoms with Crippen LogP contribution in [0.3, 0.4) is 0 Å². The van der Waals surface area contributed by atoms with Crippen LogP contribution >= 0.6 is 12.4 Å². The molecule has 0 aliphatic carbocycles. The number of halogens is 1. The molecular weight excluding hydrogens is 390 g/mol. The number of nitrogens with one attached hydrogen (secondary N) is 2. The van der Waals surface area contributed by atoms with Crippen LogP contribution in [0.1, 0.15) is 37.0 Å². The highest BCUT2D eigenvalue weighted by Crippen LogP contribution is 2.26. The predicted molar refractivity (Wildman–Crippen MR) is 108 cm³/mol. The number of piperidine rings is 1. The van der Waals surface area contributed by atoms with Crippen LogP contribution in [0.4, 0.5) is 0 Å².